The molecule has 2 amide bonds. The lowest BCUT2D eigenvalue weighted by atomic mass is 10.2. The van der Waals surface area contributed by atoms with Crippen LogP contribution in [0.5, 0.6) is 0 Å². The van der Waals surface area contributed by atoms with Gasteiger partial charge in [0, 0.05) is 46.0 Å². The second kappa shape index (κ2) is 6.69. The molecule has 0 bridgehead atoms. The molecule has 0 aliphatic carbocycles. The molecule has 1 aromatic rings. The van der Waals surface area contributed by atoms with Gasteiger partial charge in [0.2, 0.25) is 9.84 Å². The second-order valence-electron chi connectivity index (χ2n) is 5.45. The summed E-state index contributed by atoms with van der Waals surface area (Å²) in [6.07, 6.45) is 0. The fourth-order valence-corrected chi connectivity index (χ4v) is 3.11. The van der Waals surface area contributed by atoms with E-state index < -0.39 is 20.5 Å². The van der Waals surface area contributed by atoms with Gasteiger partial charge in [0.25, 0.3) is 0 Å². The van der Waals surface area contributed by atoms with Gasteiger partial charge >= 0.3 is 11.8 Å². The number of anilines is 1. The van der Waals surface area contributed by atoms with E-state index in [1.54, 1.807) is 19.0 Å². The van der Waals surface area contributed by atoms with E-state index in [1.165, 1.54) is 29.2 Å². The molecule has 0 radical (unpaired) electrons. The average Bonchev–Trinajstić information content (AvgIpc) is 2.54. The molecule has 0 unspecified atom stereocenters. The van der Waals surface area contributed by atoms with Gasteiger partial charge in [-0.1, -0.05) is 0 Å². The highest BCUT2D eigenvalue weighted by molar-refractivity contribution is 7.91. The molecule has 1 heterocycles. The predicted octanol–water partition coefficient (Wildman–Crippen LogP) is 1.49. The lowest BCUT2D eigenvalue weighted by Crippen LogP contribution is -2.51. The molecule has 9 heteroatoms. The third-order valence-electron chi connectivity index (χ3n) is 3.70. The van der Waals surface area contributed by atoms with Crippen molar-refractivity contribution < 1.29 is 22.0 Å². The number of piperazine rings is 1. The molecule has 0 atom stereocenters. The van der Waals surface area contributed by atoms with Crippen LogP contribution in [0.4, 0.5) is 19.3 Å². The van der Waals surface area contributed by atoms with E-state index in [1.807, 2.05) is 4.90 Å². The Bertz CT molecular complexity index is 654. The minimum absolute atomic E-state index is 0.0528. The summed E-state index contributed by atoms with van der Waals surface area (Å²) in [7, 11) is -1.18. The number of carbonyl (C=O) groups excluding carboxylic acids is 1. The summed E-state index contributed by atoms with van der Waals surface area (Å²) in [5.41, 5.74) is 0.746. The van der Waals surface area contributed by atoms with Crippen molar-refractivity contribution in [1.29, 1.82) is 0 Å². The van der Waals surface area contributed by atoms with Crippen molar-refractivity contribution in [1.82, 2.24) is 9.80 Å². The predicted molar refractivity (Wildman–Crippen MR) is 82.5 cm³/mol. The van der Waals surface area contributed by atoms with Gasteiger partial charge in [0.05, 0.1) is 4.90 Å². The smallest absolute Gasteiger partial charge is 0.341 e. The topological polar surface area (TPSA) is 60.9 Å². The number of amides is 2. The lowest BCUT2D eigenvalue weighted by molar-refractivity contribution is 0.168. The quantitative estimate of drug-likeness (QED) is 0.831. The highest BCUT2D eigenvalue weighted by atomic mass is 32.2. The molecule has 128 valence electrons. The van der Waals surface area contributed by atoms with Gasteiger partial charge in [-0.05, 0) is 24.3 Å². The SMILES string of the molecule is CN(C)C(=O)N1CCN(c2ccc(S(=O)(=O)C(F)F)cc2)CC1. The van der Waals surface area contributed by atoms with E-state index in [9.17, 15) is 22.0 Å². The number of carbonyl (C=O) groups is 1. The zero-order chi connectivity index (χ0) is 17.2. The Kier molecular flexibility index (Phi) is 5.08. The molecular weight excluding hydrogens is 328 g/mol. The molecule has 1 aliphatic rings. The van der Waals surface area contributed by atoms with Gasteiger partial charge in [-0.25, -0.2) is 13.2 Å². The zero-order valence-corrected chi connectivity index (χ0v) is 13.8. The Hall–Kier alpha value is -1.90. The van der Waals surface area contributed by atoms with Crippen LogP contribution < -0.4 is 4.90 Å². The molecule has 1 aliphatic heterocycles. The van der Waals surface area contributed by atoms with Crippen LogP contribution in [0.3, 0.4) is 0 Å². The Morgan fingerprint density at radius 3 is 2.04 bits per heavy atom. The van der Waals surface area contributed by atoms with Crippen molar-refractivity contribution in [2.45, 2.75) is 10.7 Å². The number of urea groups is 1. The second-order valence-corrected chi connectivity index (χ2v) is 7.37. The molecule has 2 rings (SSSR count). The Balaban J connectivity index is 2.04. The summed E-state index contributed by atoms with van der Waals surface area (Å²) in [6, 6.07) is 5.35. The van der Waals surface area contributed by atoms with Crippen LogP contribution in [-0.2, 0) is 9.84 Å². The van der Waals surface area contributed by atoms with Crippen LogP contribution in [0.2, 0.25) is 0 Å². The summed E-state index contributed by atoms with van der Waals surface area (Å²) in [5.74, 6) is -3.42. The number of benzene rings is 1. The van der Waals surface area contributed by atoms with Crippen LogP contribution in [0, 0.1) is 0 Å². The molecule has 1 fully saturated rings. The number of rotatable bonds is 3. The third-order valence-corrected chi connectivity index (χ3v) is 5.10. The fraction of sp³-hybridized carbons (Fsp3) is 0.500. The summed E-state index contributed by atoms with van der Waals surface area (Å²) in [6.45, 7) is 2.29. The maximum atomic E-state index is 12.5. The first kappa shape index (κ1) is 17.5. The third kappa shape index (κ3) is 3.72. The molecule has 0 N–H and O–H groups in total. The number of sulfone groups is 1. The number of halogens is 2. The van der Waals surface area contributed by atoms with Crippen molar-refractivity contribution >= 4 is 21.6 Å². The Morgan fingerprint density at radius 2 is 1.61 bits per heavy atom. The van der Waals surface area contributed by atoms with Crippen molar-refractivity contribution in [2.75, 3.05) is 45.2 Å². The fourth-order valence-electron chi connectivity index (χ4n) is 2.39. The maximum Gasteiger partial charge on any atom is 0.341 e. The van der Waals surface area contributed by atoms with Crippen LogP contribution in [-0.4, -0.2) is 70.3 Å². The van der Waals surface area contributed by atoms with Crippen molar-refractivity contribution in [2.24, 2.45) is 0 Å². The first-order valence-corrected chi connectivity index (χ1v) is 8.61. The molecule has 1 saturated heterocycles. The Morgan fingerprint density at radius 1 is 1.09 bits per heavy atom. The number of hydrogen-bond donors (Lipinski definition) is 0. The molecular formula is C14H19F2N3O3S. The maximum absolute atomic E-state index is 12.5. The molecule has 6 nitrogen and oxygen atoms in total. The summed E-state index contributed by atoms with van der Waals surface area (Å²) >= 11 is 0. The number of hydrogen-bond acceptors (Lipinski definition) is 4. The minimum atomic E-state index is -4.56. The highest BCUT2D eigenvalue weighted by Crippen LogP contribution is 2.23. The van der Waals surface area contributed by atoms with Gasteiger partial charge in [-0.2, -0.15) is 8.78 Å². The molecule has 1 aromatic carbocycles. The van der Waals surface area contributed by atoms with Gasteiger partial charge in [0.15, 0.2) is 0 Å². The van der Waals surface area contributed by atoms with Crippen LogP contribution >= 0.6 is 0 Å². The van der Waals surface area contributed by atoms with E-state index in [2.05, 4.69) is 0 Å². The van der Waals surface area contributed by atoms with Crippen molar-refractivity contribution in [3.63, 3.8) is 0 Å². The zero-order valence-electron chi connectivity index (χ0n) is 12.9. The number of alkyl halides is 2. The summed E-state index contributed by atoms with van der Waals surface area (Å²) in [5, 5.41) is 0. The van der Waals surface area contributed by atoms with Gasteiger partial charge in [-0.15, -0.1) is 0 Å². The van der Waals surface area contributed by atoms with Crippen molar-refractivity contribution in [3.8, 4) is 0 Å². The highest BCUT2D eigenvalue weighted by Gasteiger charge is 2.27. The van der Waals surface area contributed by atoms with E-state index >= 15 is 0 Å². The van der Waals surface area contributed by atoms with Gasteiger partial charge < -0.3 is 14.7 Å². The van der Waals surface area contributed by atoms with Gasteiger partial charge in [-0.3, -0.25) is 0 Å². The van der Waals surface area contributed by atoms with E-state index in [0.717, 1.165) is 5.69 Å². The monoisotopic (exact) mass is 347 g/mol. The minimum Gasteiger partial charge on any atom is -0.368 e. The average molecular weight is 347 g/mol. The Labute approximate surface area is 134 Å². The molecule has 23 heavy (non-hydrogen) atoms. The van der Waals surface area contributed by atoms with Gasteiger partial charge in [0.1, 0.15) is 0 Å². The first-order chi connectivity index (χ1) is 10.7. The molecule has 0 spiro atoms. The standard InChI is InChI=1S/C14H19F2N3O3S/c1-17(2)14(20)19-9-7-18(8-10-19)11-3-5-12(6-4-11)23(21,22)13(15)16/h3-6,13H,7-10H2,1-2H3. The lowest BCUT2D eigenvalue weighted by Gasteiger charge is -2.37. The van der Waals surface area contributed by atoms with E-state index in [4.69, 9.17) is 0 Å². The first-order valence-electron chi connectivity index (χ1n) is 7.07. The van der Waals surface area contributed by atoms with Crippen molar-refractivity contribution in [3.05, 3.63) is 24.3 Å². The summed E-state index contributed by atoms with van der Waals surface area (Å²) < 4.78 is 47.8. The van der Waals surface area contributed by atoms with E-state index in [0.29, 0.717) is 26.2 Å². The molecule has 0 aromatic heterocycles. The van der Waals surface area contributed by atoms with E-state index in [-0.39, 0.29) is 6.03 Å². The van der Waals surface area contributed by atoms with Crippen LogP contribution in [0.1, 0.15) is 0 Å². The molecule has 0 saturated carbocycles. The van der Waals surface area contributed by atoms with Crippen LogP contribution in [0.25, 0.3) is 0 Å². The summed E-state index contributed by atoms with van der Waals surface area (Å²) in [4.78, 5) is 16.7. The largest absolute Gasteiger partial charge is 0.368 e. The van der Waals surface area contributed by atoms with Crippen LogP contribution in [0.15, 0.2) is 29.2 Å². The normalized spacial score (nSPS) is 15.9. The number of nitrogens with zero attached hydrogens (tertiary/aromatic N) is 3.